The number of rotatable bonds is 4. The number of nitrogens with zero attached hydrogens (tertiary/aromatic N) is 1. The van der Waals surface area contributed by atoms with Gasteiger partial charge in [0.05, 0.1) is 18.1 Å². The van der Waals surface area contributed by atoms with E-state index in [9.17, 15) is 13.2 Å². The number of aromatic amines is 1. The van der Waals surface area contributed by atoms with Crippen LogP contribution in [0.5, 0.6) is 5.75 Å². The van der Waals surface area contributed by atoms with Crippen LogP contribution in [0.4, 0.5) is 0 Å². The van der Waals surface area contributed by atoms with E-state index in [0.717, 1.165) is 0 Å². The molecule has 0 amide bonds. The minimum Gasteiger partial charge on any atom is -0.463 e. The number of esters is 1. The first-order valence-corrected chi connectivity index (χ1v) is 8.87. The molecule has 124 valence electrons. The lowest BCUT2D eigenvalue weighted by Gasteiger charge is -2.07. The van der Waals surface area contributed by atoms with Gasteiger partial charge in [-0.3, -0.25) is 0 Å². The summed E-state index contributed by atoms with van der Waals surface area (Å²) in [5.74, 6) is -0.488. The fraction of sp³-hybridized carbons (Fsp3) is 0.0667. The Morgan fingerprint density at radius 3 is 2.71 bits per heavy atom. The van der Waals surface area contributed by atoms with Crippen LogP contribution >= 0.6 is 15.9 Å². The van der Waals surface area contributed by atoms with E-state index >= 15 is 0 Å². The van der Waals surface area contributed by atoms with Crippen LogP contribution in [-0.2, 0) is 14.9 Å². The molecule has 0 radical (unpaired) electrons. The van der Waals surface area contributed by atoms with Crippen molar-refractivity contribution in [2.45, 2.75) is 4.90 Å². The molecule has 1 heterocycles. The van der Waals surface area contributed by atoms with Crippen molar-refractivity contribution >= 4 is 43.1 Å². The Morgan fingerprint density at radius 1 is 1.21 bits per heavy atom. The highest BCUT2D eigenvalue weighted by atomic mass is 79.9. The number of hydrogen-bond donors (Lipinski definition) is 1. The van der Waals surface area contributed by atoms with Crippen molar-refractivity contribution in [3.63, 3.8) is 0 Å². The van der Waals surface area contributed by atoms with Gasteiger partial charge in [0.25, 0.3) is 0 Å². The Balaban J connectivity index is 1.93. The van der Waals surface area contributed by atoms with E-state index in [0.29, 0.717) is 15.5 Å². The maximum atomic E-state index is 12.3. The molecule has 0 fully saturated rings. The zero-order valence-electron chi connectivity index (χ0n) is 12.3. The summed E-state index contributed by atoms with van der Waals surface area (Å²) in [7, 11) is -2.73. The van der Waals surface area contributed by atoms with E-state index in [-0.39, 0.29) is 16.5 Å². The van der Waals surface area contributed by atoms with Crippen LogP contribution < -0.4 is 4.18 Å². The van der Waals surface area contributed by atoms with Crippen molar-refractivity contribution in [3.05, 3.63) is 52.8 Å². The summed E-state index contributed by atoms with van der Waals surface area (Å²) >= 11 is 3.22. The topological polar surface area (TPSA) is 98.3 Å². The van der Waals surface area contributed by atoms with Crippen molar-refractivity contribution in [3.8, 4) is 5.75 Å². The van der Waals surface area contributed by atoms with Crippen molar-refractivity contribution < 1.29 is 22.1 Å². The highest BCUT2D eigenvalue weighted by molar-refractivity contribution is 9.10. The number of hydrogen-bond acceptors (Lipinski definition) is 6. The first-order chi connectivity index (χ1) is 11.4. The van der Waals surface area contributed by atoms with E-state index in [1.54, 1.807) is 18.2 Å². The lowest BCUT2D eigenvalue weighted by Crippen LogP contribution is -2.09. The van der Waals surface area contributed by atoms with Gasteiger partial charge in [0.1, 0.15) is 10.6 Å². The predicted octanol–water partition coefficient (Wildman–Crippen LogP) is 2.88. The average Bonchev–Trinajstić information content (AvgIpc) is 2.97. The zero-order valence-corrected chi connectivity index (χ0v) is 14.7. The van der Waals surface area contributed by atoms with Gasteiger partial charge in [-0.2, -0.15) is 8.42 Å². The molecule has 7 nitrogen and oxygen atoms in total. The molecule has 0 unspecified atom stereocenters. The van der Waals surface area contributed by atoms with Crippen LogP contribution in [0, 0.1) is 0 Å². The molecule has 0 aliphatic rings. The number of carbonyl (C=O) groups is 1. The molecule has 3 aromatic rings. The van der Waals surface area contributed by atoms with Crippen LogP contribution in [0.15, 0.2) is 51.8 Å². The minimum atomic E-state index is -3.97. The fourth-order valence-electron chi connectivity index (χ4n) is 2.03. The normalized spacial score (nSPS) is 11.4. The van der Waals surface area contributed by atoms with Gasteiger partial charge >= 0.3 is 16.1 Å². The minimum absolute atomic E-state index is 0.0248. The van der Waals surface area contributed by atoms with Gasteiger partial charge in [-0.05, 0) is 30.3 Å². The van der Waals surface area contributed by atoms with E-state index < -0.39 is 16.1 Å². The van der Waals surface area contributed by atoms with Gasteiger partial charge in [-0.1, -0.05) is 22.0 Å². The van der Waals surface area contributed by atoms with E-state index in [1.165, 1.54) is 31.4 Å². The molecule has 24 heavy (non-hydrogen) atoms. The first kappa shape index (κ1) is 16.5. The molecule has 0 bridgehead atoms. The van der Waals surface area contributed by atoms with Gasteiger partial charge in [0.2, 0.25) is 5.82 Å². The number of methoxy groups -OCH3 is 1. The smallest absolute Gasteiger partial charge is 0.374 e. The maximum Gasteiger partial charge on any atom is 0.374 e. The Labute approximate surface area is 145 Å². The lowest BCUT2D eigenvalue weighted by molar-refractivity contribution is 0.0588. The van der Waals surface area contributed by atoms with E-state index in [1.807, 2.05) is 0 Å². The molecule has 0 atom stereocenters. The number of benzene rings is 2. The van der Waals surface area contributed by atoms with Crippen molar-refractivity contribution in [2.75, 3.05) is 7.11 Å². The van der Waals surface area contributed by atoms with Crippen molar-refractivity contribution in [1.29, 1.82) is 0 Å². The summed E-state index contributed by atoms with van der Waals surface area (Å²) in [4.78, 5) is 18.3. The maximum absolute atomic E-state index is 12.3. The Hall–Kier alpha value is -2.39. The second kappa shape index (κ2) is 6.25. The first-order valence-electron chi connectivity index (χ1n) is 6.67. The summed E-state index contributed by atoms with van der Waals surface area (Å²) in [6.45, 7) is 0. The second-order valence-electron chi connectivity index (χ2n) is 4.75. The Kier molecular flexibility index (Phi) is 4.29. The van der Waals surface area contributed by atoms with Crippen molar-refractivity contribution in [2.24, 2.45) is 0 Å². The molecule has 0 aliphatic carbocycles. The summed E-state index contributed by atoms with van der Waals surface area (Å²) in [5.41, 5.74) is 0.944. The molecule has 0 aliphatic heterocycles. The molecule has 0 saturated carbocycles. The average molecular weight is 411 g/mol. The largest absolute Gasteiger partial charge is 0.463 e. The zero-order chi connectivity index (χ0) is 17.3. The van der Waals surface area contributed by atoms with Gasteiger partial charge in [-0.15, -0.1) is 0 Å². The number of H-pyrrole nitrogens is 1. The lowest BCUT2D eigenvalue weighted by atomic mass is 10.3. The van der Waals surface area contributed by atoms with Crippen LogP contribution in [0.3, 0.4) is 0 Å². The summed E-state index contributed by atoms with van der Waals surface area (Å²) in [6, 6.07) is 10.6. The third-order valence-electron chi connectivity index (χ3n) is 3.12. The highest BCUT2D eigenvalue weighted by Crippen LogP contribution is 2.24. The number of ether oxygens (including phenoxy) is 1. The quantitative estimate of drug-likeness (QED) is 0.524. The van der Waals surface area contributed by atoms with Gasteiger partial charge in [0, 0.05) is 10.5 Å². The number of halogens is 1. The van der Waals surface area contributed by atoms with Crippen LogP contribution in [0.2, 0.25) is 0 Å². The van der Waals surface area contributed by atoms with Gasteiger partial charge < -0.3 is 13.9 Å². The monoisotopic (exact) mass is 410 g/mol. The second-order valence-corrected chi connectivity index (χ2v) is 7.21. The molecular formula is C15H11BrN2O5S. The molecule has 0 spiro atoms. The Morgan fingerprint density at radius 2 is 2.00 bits per heavy atom. The SMILES string of the molecule is COC(=O)c1nc2ccc(OS(=O)(=O)c3cccc(Br)c3)cc2[nH]1. The number of fused-ring (bicyclic) bond motifs is 1. The summed E-state index contributed by atoms with van der Waals surface area (Å²) in [5, 5.41) is 0. The number of carbonyl (C=O) groups excluding carboxylic acids is 1. The Bertz CT molecular complexity index is 1030. The molecule has 2 aromatic carbocycles. The highest BCUT2D eigenvalue weighted by Gasteiger charge is 2.18. The summed E-state index contributed by atoms with van der Waals surface area (Å²) < 4.78 is 35.0. The molecule has 0 saturated heterocycles. The molecule has 3 rings (SSSR count). The fourth-order valence-corrected chi connectivity index (χ4v) is 3.55. The standard InChI is InChI=1S/C15H11BrN2O5S/c1-22-15(19)14-17-12-6-5-10(8-13(12)18-14)23-24(20,21)11-4-2-3-9(16)7-11/h2-8H,1H3,(H,17,18). The molecular weight excluding hydrogens is 400 g/mol. The van der Waals surface area contributed by atoms with Crippen molar-refractivity contribution in [1.82, 2.24) is 9.97 Å². The third kappa shape index (κ3) is 3.26. The third-order valence-corrected chi connectivity index (χ3v) is 4.86. The number of imidazole rings is 1. The van der Waals surface area contributed by atoms with Gasteiger partial charge in [0.15, 0.2) is 0 Å². The predicted molar refractivity (Wildman–Crippen MR) is 89.4 cm³/mol. The van der Waals surface area contributed by atoms with Gasteiger partial charge in [-0.25, -0.2) is 9.78 Å². The molecule has 1 aromatic heterocycles. The number of nitrogens with one attached hydrogen (secondary N) is 1. The number of aromatic nitrogens is 2. The summed E-state index contributed by atoms with van der Waals surface area (Å²) in [6.07, 6.45) is 0. The van der Waals surface area contributed by atoms with Crippen LogP contribution in [0.25, 0.3) is 11.0 Å². The van der Waals surface area contributed by atoms with Crippen LogP contribution in [0.1, 0.15) is 10.6 Å². The molecule has 1 N–H and O–H groups in total. The molecule has 9 heteroatoms. The van der Waals surface area contributed by atoms with Crippen LogP contribution in [-0.4, -0.2) is 31.5 Å². The van der Waals surface area contributed by atoms with E-state index in [4.69, 9.17) is 4.18 Å². The van der Waals surface area contributed by atoms with E-state index in [2.05, 4.69) is 30.6 Å².